The molecule has 7 nitrogen and oxygen atoms in total. The Morgan fingerprint density at radius 2 is 2.07 bits per heavy atom. The van der Waals surface area contributed by atoms with E-state index in [9.17, 15) is 4.79 Å². The second kappa shape index (κ2) is 8.12. The number of carbonyl (C=O) groups excluding carboxylic acids is 1. The fourth-order valence-electron chi connectivity index (χ4n) is 3.28. The number of rotatable bonds is 8. The van der Waals surface area contributed by atoms with Crippen LogP contribution in [0, 0.1) is 0 Å². The minimum absolute atomic E-state index is 0.0740. The summed E-state index contributed by atoms with van der Waals surface area (Å²) < 4.78 is 10.9. The van der Waals surface area contributed by atoms with Gasteiger partial charge in [0.25, 0.3) is 5.89 Å². The fourth-order valence-corrected chi connectivity index (χ4v) is 3.28. The quantitative estimate of drug-likeness (QED) is 0.497. The number of hydrogen-bond donors (Lipinski definition) is 1. The SMILES string of the molecule is CCCN(Cc1nnc(-c2ccco2)o1)C(=O)CCc1c[nH]c2ccccc12. The Kier molecular flexibility index (Phi) is 5.23. The molecule has 1 N–H and O–H groups in total. The van der Waals surface area contributed by atoms with E-state index in [0.29, 0.717) is 43.5 Å². The highest BCUT2D eigenvalue weighted by Crippen LogP contribution is 2.21. The van der Waals surface area contributed by atoms with Gasteiger partial charge in [0.1, 0.15) is 0 Å². The molecule has 0 aliphatic carbocycles. The number of para-hydroxylation sites is 1. The molecule has 0 aliphatic heterocycles. The Bertz CT molecular complexity index is 1050. The monoisotopic (exact) mass is 378 g/mol. The zero-order valence-electron chi connectivity index (χ0n) is 15.7. The molecule has 4 aromatic rings. The molecule has 4 rings (SSSR count). The summed E-state index contributed by atoms with van der Waals surface area (Å²) in [5.74, 6) is 1.32. The smallest absolute Gasteiger partial charge is 0.283 e. The van der Waals surface area contributed by atoms with Crippen molar-refractivity contribution in [3.63, 3.8) is 0 Å². The van der Waals surface area contributed by atoms with Gasteiger partial charge in [0.15, 0.2) is 5.76 Å². The number of furan rings is 1. The van der Waals surface area contributed by atoms with Crippen LogP contribution in [-0.4, -0.2) is 32.5 Å². The number of carbonyl (C=O) groups is 1. The molecule has 144 valence electrons. The summed E-state index contributed by atoms with van der Waals surface area (Å²) in [4.78, 5) is 17.8. The first kappa shape index (κ1) is 18.0. The van der Waals surface area contributed by atoms with E-state index >= 15 is 0 Å². The lowest BCUT2D eigenvalue weighted by Crippen LogP contribution is -2.31. The second-order valence-corrected chi connectivity index (χ2v) is 6.65. The molecule has 1 amide bonds. The lowest BCUT2D eigenvalue weighted by Gasteiger charge is -2.20. The Morgan fingerprint density at radius 3 is 2.89 bits per heavy atom. The van der Waals surface area contributed by atoms with E-state index in [4.69, 9.17) is 8.83 Å². The van der Waals surface area contributed by atoms with Crippen LogP contribution in [0.5, 0.6) is 0 Å². The van der Waals surface area contributed by atoms with Gasteiger partial charge >= 0.3 is 0 Å². The summed E-state index contributed by atoms with van der Waals surface area (Å²) in [6.07, 6.45) is 5.51. The van der Waals surface area contributed by atoms with E-state index < -0.39 is 0 Å². The van der Waals surface area contributed by atoms with Crippen LogP contribution in [0.3, 0.4) is 0 Å². The molecule has 3 heterocycles. The van der Waals surface area contributed by atoms with Gasteiger partial charge in [-0.2, -0.15) is 0 Å². The van der Waals surface area contributed by atoms with Crippen molar-refractivity contribution >= 4 is 16.8 Å². The number of fused-ring (bicyclic) bond motifs is 1. The van der Waals surface area contributed by atoms with Crippen LogP contribution < -0.4 is 0 Å². The van der Waals surface area contributed by atoms with Crippen LogP contribution in [-0.2, 0) is 17.8 Å². The van der Waals surface area contributed by atoms with Gasteiger partial charge in [-0.1, -0.05) is 25.1 Å². The van der Waals surface area contributed by atoms with Gasteiger partial charge in [-0.05, 0) is 36.6 Å². The van der Waals surface area contributed by atoms with Crippen molar-refractivity contribution in [3.8, 4) is 11.7 Å². The van der Waals surface area contributed by atoms with Crippen molar-refractivity contribution in [3.05, 3.63) is 60.3 Å². The Morgan fingerprint density at radius 1 is 1.18 bits per heavy atom. The summed E-state index contributed by atoms with van der Waals surface area (Å²) in [5, 5.41) is 9.22. The van der Waals surface area contributed by atoms with Crippen molar-refractivity contribution in [1.82, 2.24) is 20.1 Å². The number of H-pyrrole nitrogens is 1. The van der Waals surface area contributed by atoms with Crippen molar-refractivity contribution in [2.24, 2.45) is 0 Å². The first-order chi connectivity index (χ1) is 13.7. The van der Waals surface area contributed by atoms with Crippen LogP contribution in [0.25, 0.3) is 22.6 Å². The maximum Gasteiger partial charge on any atom is 0.283 e. The molecule has 0 spiro atoms. The molecule has 0 saturated carbocycles. The average Bonchev–Trinajstić information content (AvgIpc) is 3.46. The maximum absolute atomic E-state index is 12.8. The Balaban J connectivity index is 1.41. The lowest BCUT2D eigenvalue weighted by atomic mass is 10.1. The van der Waals surface area contributed by atoms with Crippen LogP contribution in [0.2, 0.25) is 0 Å². The van der Waals surface area contributed by atoms with Crippen LogP contribution in [0.1, 0.15) is 31.2 Å². The number of aromatic amines is 1. The van der Waals surface area contributed by atoms with Gasteiger partial charge in [0.05, 0.1) is 12.8 Å². The predicted octanol–water partition coefficient (Wildman–Crippen LogP) is 4.18. The number of amides is 1. The minimum atomic E-state index is 0.0740. The van der Waals surface area contributed by atoms with Crippen molar-refractivity contribution in [1.29, 1.82) is 0 Å². The largest absolute Gasteiger partial charge is 0.459 e. The molecule has 3 aromatic heterocycles. The molecule has 0 bridgehead atoms. The van der Waals surface area contributed by atoms with Crippen LogP contribution in [0.15, 0.2) is 57.7 Å². The standard InChI is InChI=1S/C21H22N4O3/c1-2-11-25(14-19-23-24-21(28-19)18-8-5-12-27-18)20(26)10-9-15-13-22-17-7-4-3-6-16(15)17/h3-8,12-13,22H,2,9-11,14H2,1H3. The highest BCUT2D eigenvalue weighted by molar-refractivity contribution is 5.84. The molecule has 1 aromatic carbocycles. The average molecular weight is 378 g/mol. The first-order valence-electron chi connectivity index (χ1n) is 9.43. The van der Waals surface area contributed by atoms with Crippen LogP contribution in [0.4, 0.5) is 0 Å². The highest BCUT2D eigenvalue weighted by Gasteiger charge is 2.18. The predicted molar refractivity (Wildman–Crippen MR) is 104 cm³/mol. The zero-order chi connectivity index (χ0) is 19.3. The van der Waals surface area contributed by atoms with E-state index in [0.717, 1.165) is 22.9 Å². The number of nitrogens with one attached hydrogen (secondary N) is 1. The van der Waals surface area contributed by atoms with Crippen molar-refractivity contribution < 1.29 is 13.6 Å². The van der Waals surface area contributed by atoms with E-state index in [2.05, 4.69) is 21.2 Å². The van der Waals surface area contributed by atoms with Crippen LogP contribution >= 0.6 is 0 Å². The molecule has 0 atom stereocenters. The number of aromatic nitrogens is 3. The number of benzene rings is 1. The summed E-state index contributed by atoms with van der Waals surface area (Å²) in [7, 11) is 0. The molecular weight excluding hydrogens is 356 g/mol. The number of aryl methyl sites for hydroxylation is 1. The van der Waals surface area contributed by atoms with Gasteiger partial charge in [0, 0.05) is 30.1 Å². The molecular formula is C21H22N4O3. The third-order valence-electron chi connectivity index (χ3n) is 4.65. The molecule has 28 heavy (non-hydrogen) atoms. The maximum atomic E-state index is 12.8. The molecule has 0 aliphatic rings. The number of nitrogens with zero attached hydrogens (tertiary/aromatic N) is 3. The van der Waals surface area contributed by atoms with Crippen molar-refractivity contribution in [2.45, 2.75) is 32.7 Å². The van der Waals surface area contributed by atoms with Gasteiger partial charge in [-0.15, -0.1) is 10.2 Å². The summed E-state index contributed by atoms with van der Waals surface area (Å²) in [5.41, 5.74) is 2.24. The normalized spacial score (nSPS) is 11.2. The van der Waals surface area contributed by atoms with E-state index in [1.54, 1.807) is 23.3 Å². The van der Waals surface area contributed by atoms with Gasteiger partial charge in [-0.3, -0.25) is 4.79 Å². The highest BCUT2D eigenvalue weighted by atomic mass is 16.4. The van der Waals surface area contributed by atoms with E-state index in [1.165, 1.54) is 0 Å². The zero-order valence-corrected chi connectivity index (χ0v) is 15.7. The van der Waals surface area contributed by atoms with E-state index in [1.807, 2.05) is 31.3 Å². The summed E-state index contributed by atoms with van der Waals surface area (Å²) in [6.45, 7) is 2.99. The van der Waals surface area contributed by atoms with Crippen molar-refractivity contribution in [2.75, 3.05) is 6.54 Å². The molecule has 0 radical (unpaired) electrons. The van der Waals surface area contributed by atoms with Gasteiger partial charge in [0.2, 0.25) is 11.8 Å². The lowest BCUT2D eigenvalue weighted by molar-refractivity contribution is -0.132. The third kappa shape index (κ3) is 3.83. The molecule has 0 fully saturated rings. The number of hydrogen-bond acceptors (Lipinski definition) is 5. The Labute approximate surface area is 162 Å². The molecule has 0 saturated heterocycles. The second-order valence-electron chi connectivity index (χ2n) is 6.65. The van der Waals surface area contributed by atoms with Gasteiger partial charge < -0.3 is 18.7 Å². The first-order valence-corrected chi connectivity index (χ1v) is 9.43. The summed E-state index contributed by atoms with van der Waals surface area (Å²) in [6, 6.07) is 11.6. The molecule has 7 heteroatoms. The Hall–Kier alpha value is -3.35. The van der Waals surface area contributed by atoms with Gasteiger partial charge in [-0.25, -0.2) is 0 Å². The fraction of sp³-hybridized carbons (Fsp3) is 0.286. The minimum Gasteiger partial charge on any atom is -0.459 e. The summed E-state index contributed by atoms with van der Waals surface area (Å²) >= 11 is 0. The third-order valence-corrected chi connectivity index (χ3v) is 4.65. The molecule has 0 unspecified atom stereocenters. The van der Waals surface area contributed by atoms with E-state index in [-0.39, 0.29) is 5.91 Å². The topological polar surface area (TPSA) is 88.2 Å².